The molecule has 2 aliphatic carbocycles. The van der Waals surface area contributed by atoms with Crippen molar-refractivity contribution in [1.29, 1.82) is 0 Å². The highest BCUT2D eigenvalue weighted by atomic mass is 35.5. The molecule has 3 nitrogen and oxygen atoms in total. The van der Waals surface area contributed by atoms with E-state index in [1.165, 1.54) is 36.8 Å². The molecule has 0 unspecified atom stereocenters. The van der Waals surface area contributed by atoms with Crippen molar-refractivity contribution in [1.82, 2.24) is 10.1 Å². The van der Waals surface area contributed by atoms with E-state index in [9.17, 15) is 0 Å². The van der Waals surface area contributed by atoms with E-state index in [-0.39, 0.29) is 0 Å². The van der Waals surface area contributed by atoms with Crippen LogP contribution in [0.25, 0.3) is 0 Å². The van der Waals surface area contributed by atoms with Crippen molar-refractivity contribution >= 4 is 11.6 Å². The van der Waals surface area contributed by atoms with Crippen molar-refractivity contribution < 1.29 is 4.52 Å². The number of hydrogen-bond donors (Lipinski definition) is 0. The molecule has 2 saturated carbocycles. The van der Waals surface area contributed by atoms with Gasteiger partial charge in [0.05, 0.1) is 6.20 Å². The van der Waals surface area contributed by atoms with Crippen molar-refractivity contribution in [2.45, 2.75) is 50.7 Å². The van der Waals surface area contributed by atoms with Gasteiger partial charge >= 0.3 is 0 Å². The van der Waals surface area contributed by atoms with Crippen LogP contribution < -0.4 is 0 Å². The summed E-state index contributed by atoms with van der Waals surface area (Å²) >= 11 is 5.97. The topological polar surface area (TPSA) is 29.3 Å². The van der Waals surface area contributed by atoms with Crippen LogP contribution in [0.4, 0.5) is 0 Å². The van der Waals surface area contributed by atoms with E-state index in [0.29, 0.717) is 12.0 Å². The van der Waals surface area contributed by atoms with Gasteiger partial charge in [0.15, 0.2) is 0 Å². The van der Waals surface area contributed by atoms with Crippen LogP contribution in [0.3, 0.4) is 0 Å². The third-order valence-corrected chi connectivity index (χ3v) is 4.61. The van der Waals surface area contributed by atoms with Crippen LogP contribution >= 0.6 is 11.6 Å². The SMILES string of the molecule is Clc1ccc(CN(Cc2cnoc2C2CC2)C2CC2)cc1. The molecular formula is C17H19ClN2O. The predicted octanol–water partition coefficient (Wildman–Crippen LogP) is 4.37. The molecule has 110 valence electrons. The summed E-state index contributed by atoms with van der Waals surface area (Å²) in [5, 5.41) is 4.81. The lowest BCUT2D eigenvalue weighted by Gasteiger charge is -2.21. The molecule has 0 N–H and O–H groups in total. The lowest BCUT2D eigenvalue weighted by molar-refractivity contribution is 0.243. The first-order valence-electron chi connectivity index (χ1n) is 7.71. The Hall–Kier alpha value is -1.32. The first-order valence-corrected chi connectivity index (χ1v) is 8.09. The molecule has 0 spiro atoms. The summed E-state index contributed by atoms with van der Waals surface area (Å²) in [6.45, 7) is 1.92. The first kappa shape index (κ1) is 13.4. The predicted molar refractivity (Wildman–Crippen MR) is 82.2 cm³/mol. The molecule has 1 heterocycles. The van der Waals surface area contributed by atoms with Gasteiger partial charge in [-0.2, -0.15) is 0 Å². The van der Waals surface area contributed by atoms with Gasteiger partial charge in [-0.3, -0.25) is 4.90 Å². The van der Waals surface area contributed by atoms with Crippen molar-refractivity contribution in [3.63, 3.8) is 0 Å². The molecule has 4 rings (SSSR count). The van der Waals surface area contributed by atoms with Gasteiger partial charge in [0.2, 0.25) is 0 Å². The lowest BCUT2D eigenvalue weighted by atomic mass is 10.1. The Morgan fingerprint density at radius 1 is 1.10 bits per heavy atom. The van der Waals surface area contributed by atoms with E-state index in [4.69, 9.17) is 16.1 Å². The van der Waals surface area contributed by atoms with Crippen molar-refractivity contribution in [2.75, 3.05) is 0 Å². The Morgan fingerprint density at radius 3 is 2.52 bits per heavy atom. The van der Waals surface area contributed by atoms with Crippen LogP contribution in [0.1, 0.15) is 48.5 Å². The zero-order chi connectivity index (χ0) is 14.2. The van der Waals surface area contributed by atoms with Crippen LogP contribution in [-0.4, -0.2) is 16.1 Å². The van der Waals surface area contributed by atoms with Crippen LogP contribution in [0.2, 0.25) is 5.02 Å². The molecule has 0 bridgehead atoms. The maximum absolute atomic E-state index is 5.97. The van der Waals surface area contributed by atoms with E-state index >= 15 is 0 Å². The lowest BCUT2D eigenvalue weighted by Crippen LogP contribution is -2.25. The van der Waals surface area contributed by atoms with Crippen molar-refractivity contribution in [3.05, 3.63) is 52.4 Å². The van der Waals surface area contributed by atoms with E-state index in [1.807, 2.05) is 18.3 Å². The van der Waals surface area contributed by atoms with E-state index < -0.39 is 0 Å². The average molecular weight is 303 g/mol. The number of halogens is 1. The van der Waals surface area contributed by atoms with Gasteiger partial charge in [-0.1, -0.05) is 28.9 Å². The molecule has 0 atom stereocenters. The van der Waals surface area contributed by atoms with Gasteiger partial charge in [-0.05, 0) is 43.4 Å². The number of benzene rings is 1. The molecule has 2 aliphatic rings. The molecule has 4 heteroatoms. The Balaban J connectivity index is 1.49. The summed E-state index contributed by atoms with van der Waals surface area (Å²) in [5.41, 5.74) is 2.59. The standard InChI is InChI=1S/C17H19ClN2O/c18-15-5-1-12(2-6-15)10-20(16-7-8-16)11-14-9-19-21-17(14)13-3-4-13/h1-2,5-6,9,13,16H,3-4,7-8,10-11H2. The molecule has 0 radical (unpaired) electrons. The second-order valence-electron chi connectivity index (χ2n) is 6.25. The normalized spacial score (nSPS) is 18.4. The summed E-state index contributed by atoms with van der Waals surface area (Å²) in [6, 6.07) is 8.89. The van der Waals surface area contributed by atoms with Gasteiger partial charge in [0.1, 0.15) is 5.76 Å². The van der Waals surface area contributed by atoms with Crippen LogP contribution in [-0.2, 0) is 13.1 Å². The van der Waals surface area contributed by atoms with Gasteiger partial charge in [-0.25, -0.2) is 0 Å². The van der Waals surface area contributed by atoms with Crippen molar-refractivity contribution in [2.24, 2.45) is 0 Å². The largest absolute Gasteiger partial charge is 0.361 e. The molecule has 0 amide bonds. The fourth-order valence-electron chi connectivity index (χ4n) is 2.87. The number of aromatic nitrogens is 1. The molecule has 2 aromatic rings. The van der Waals surface area contributed by atoms with E-state index in [2.05, 4.69) is 22.2 Å². The molecule has 0 aliphatic heterocycles. The second-order valence-corrected chi connectivity index (χ2v) is 6.69. The number of hydrogen-bond acceptors (Lipinski definition) is 3. The van der Waals surface area contributed by atoms with Gasteiger partial charge in [-0.15, -0.1) is 0 Å². The fraction of sp³-hybridized carbons (Fsp3) is 0.471. The number of nitrogens with zero attached hydrogens (tertiary/aromatic N) is 2. The quantitative estimate of drug-likeness (QED) is 0.793. The Labute approximate surface area is 129 Å². The highest BCUT2D eigenvalue weighted by Crippen LogP contribution is 2.42. The Bertz CT molecular complexity index is 614. The van der Waals surface area contributed by atoms with Crippen LogP contribution in [0, 0.1) is 0 Å². The molecule has 1 aromatic carbocycles. The maximum Gasteiger partial charge on any atom is 0.144 e. The molecular weight excluding hydrogens is 284 g/mol. The Morgan fingerprint density at radius 2 is 1.86 bits per heavy atom. The monoisotopic (exact) mass is 302 g/mol. The maximum atomic E-state index is 5.97. The van der Waals surface area contributed by atoms with Crippen molar-refractivity contribution in [3.8, 4) is 0 Å². The summed E-state index contributed by atoms with van der Waals surface area (Å²) in [4.78, 5) is 2.54. The average Bonchev–Trinajstić information content (AvgIpc) is 3.40. The van der Waals surface area contributed by atoms with Gasteiger partial charge in [0, 0.05) is 35.6 Å². The minimum atomic E-state index is 0.624. The summed E-state index contributed by atoms with van der Waals surface area (Å²) in [7, 11) is 0. The molecule has 21 heavy (non-hydrogen) atoms. The summed E-state index contributed by atoms with van der Waals surface area (Å²) < 4.78 is 5.46. The third kappa shape index (κ3) is 3.14. The molecule has 2 fully saturated rings. The van der Waals surface area contributed by atoms with Crippen LogP contribution in [0.5, 0.6) is 0 Å². The Kier molecular flexibility index (Phi) is 3.48. The third-order valence-electron chi connectivity index (χ3n) is 4.36. The van der Waals surface area contributed by atoms with E-state index in [1.54, 1.807) is 0 Å². The smallest absolute Gasteiger partial charge is 0.144 e. The molecule has 1 aromatic heterocycles. The molecule has 0 saturated heterocycles. The minimum absolute atomic E-state index is 0.624. The second kappa shape index (κ2) is 5.47. The zero-order valence-electron chi connectivity index (χ0n) is 12.0. The summed E-state index contributed by atoms with van der Waals surface area (Å²) in [5.74, 6) is 1.75. The van der Waals surface area contributed by atoms with Gasteiger partial charge < -0.3 is 4.52 Å². The summed E-state index contributed by atoms with van der Waals surface area (Å²) in [6.07, 6.45) is 7.02. The zero-order valence-corrected chi connectivity index (χ0v) is 12.7. The minimum Gasteiger partial charge on any atom is -0.361 e. The van der Waals surface area contributed by atoms with Gasteiger partial charge in [0.25, 0.3) is 0 Å². The number of rotatable bonds is 6. The van der Waals surface area contributed by atoms with Crippen LogP contribution in [0.15, 0.2) is 35.0 Å². The highest BCUT2D eigenvalue weighted by Gasteiger charge is 2.33. The first-order chi connectivity index (χ1) is 10.3. The fourth-order valence-corrected chi connectivity index (χ4v) is 2.99. The van der Waals surface area contributed by atoms with E-state index in [0.717, 1.165) is 23.9 Å². The highest BCUT2D eigenvalue weighted by molar-refractivity contribution is 6.30.